The fourth-order valence-electron chi connectivity index (χ4n) is 2.49. The molecule has 0 saturated carbocycles. The van der Waals surface area contributed by atoms with Gasteiger partial charge in [-0.15, -0.1) is 0 Å². The lowest BCUT2D eigenvalue weighted by atomic mass is 10.1. The average molecular weight is 302 g/mol. The zero-order chi connectivity index (χ0) is 14.8. The summed E-state index contributed by atoms with van der Waals surface area (Å²) >= 11 is 1.61. The molecule has 0 aliphatic carbocycles. The third kappa shape index (κ3) is 2.45. The predicted molar refractivity (Wildman–Crippen MR) is 83.3 cm³/mol. The van der Waals surface area contributed by atoms with E-state index >= 15 is 0 Å². The molecule has 0 fully saturated rings. The molecule has 6 heteroatoms. The van der Waals surface area contributed by atoms with E-state index in [0.717, 1.165) is 39.8 Å². The molecule has 3 aromatic rings. The van der Waals surface area contributed by atoms with Crippen LogP contribution in [0.2, 0.25) is 0 Å². The van der Waals surface area contributed by atoms with E-state index in [1.54, 1.807) is 28.2 Å². The first-order chi connectivity index (χ1) is 10.3. The Labute approximate surface area is 127 Å². The number of aliphatic hydroxyl groups excluding tert-OH is 1. The van der Waals surface area contributed by atoms with Gasteiger partial charge in [0.1, 0.15) is 5.01 Å². The van der Waals surface area contributed by atoms with Crippen molar-refractivity contribution in [1.29, 1.82) is 0 Å². The minimum Gasteiger partial charge on any atom is -0.390 e. The maximum atomic E-state index is 9.72. The number of pyridine rings is 1. The fraction of sp³-hybridized carbons (Fsp3) is 0.400. The lowest BCUT2D eigenvalue weighted by Gasteiger charge is -2.06. The molecule has 21 heavy (non-hydrogen) atoms. The summed E-state index contributed by atoms with van der Waals surface area (Å²) in [6, 6.07) is 3.79. The highest BCUT2D eigenvalue weighted by atomic mass is 32.1. The number of nitrogens with zero attached hydrogens (tertiary/aromatic N) is 4. The monoisotopic (exact) mass is 302 g/mol. The Bertz CT molecular complexity index is 731. The van der Waals surface area contributed by atoms with Crippen molar-refractivity contribution in [2.24, 2.45) is 0 Å². The zero-order valence-corrected chi connectivity index (χ0v) is 13.0. The Hall–Kier alpha value is -1.79. The summed E-state index contributed by atoms with van der Waals surface area (Å²) in [7, 11) is 0. The molecule has 0 saturated heterocycles. The molecule has 110 valence electrons. The highest BCUT2D eigenvalue weighted by Gasteiger charge is 2.19. The molecule has 0 bridgehead atoms. The first-order valence-electron chi connectivity index (χ1n) is 7.18. The quantitative estimate of drug-likeness (QED) is 0.786. The molecule has 0 unspecified atom stereocenters. The molecule has 0 aliphatic rings. The highest BCUT2D eigenvalue weighted by Crippen LogP contribution is 2.31. The summed E-state index contributed by atoms with van der Waals surface area (Å²) in [6.07, 6.45) is 5.59. The molecule has 3 rings (SSSR count). The Morgan fingerprint density at radius 1 is 1.24 bits per heavy atom. The van der Waals surface area contributed by atoms with Crippen LogP contribution < -0.4 is 0 Å². The summed E-state index contributed by atoms with van der Waals surface area (Å²) in [5, 5.41) is 15.5. The van der Waals surface area contributed by atoms with E-state index in [0.29, 0.717) is 5.92 Å². The first-order valence-corrected chi connectivity index (χ1v) is 7.99. The number of rotatable bonds is 5. The first kappa shape index (κ1) is 14.2. The van der Waals surface area contributed by atoms with E-state index in [-0.39, 0.29) is 6.61 Å². The normalized spacial score (nSPS) is 11.6. The Morgan fingerprint density at radius 2 is 1.95 bits per heavy atom. The van der Waals surface area contributed by atoms with Gasteiger partial charge in [0, 0.05) is 23.9 Å². The largest absolute Gasteiger partial charge is 0.390 e. The van der Waals surface area contributed by atoms with Gasteiger partial charge in [-0.2, -0.15) is 5.10 Å². The maximum Gasteiger partial charge on any atom is 0.213 e. The molecule has 3 heterocycles. The average Bonchev–Trinajstić information content (AvgIpc) is 3.06. The second-order valence-corrected chi connectivity index (χ2v) is 5.94. The highest BCUT2D eigenvalue weighted by molar-refractivity contribution is 7.16. The molecule has 0 amide bonds. The van der Waals surface area contributed by atoms with Gasteiger partial charge in [-0.05, 0) is 25.0 Å². The van der Waals surface area contributed by atoms with Crippen LogP contribution in [0.5, 0.6) is 0 Å². The van der Waals surface area contributed by atoms with Gasteiger partial charge in [0.15, 0.2) is 0 Å². The van der Waals surface area contributed by atoms with E-state index in [9.17, 15) is 5.11 Å². The van der Waals surface area contributed by atoms with Gasteiger partial charge in [-0.25, -0.2) is 9.50 Å². The van der Waals surface area contributed by atoms with Crippen LogP contribution in [-0.4, -0.2) is 24.7 Å². The number of hydrogen-bond donors (Lipinski definition) is 1. The van der Waals surface area contributed by atoms with Crippen molar-refractivity contribution < 1.29 is 5.11 Å². The second-order valence-electron chi connectivity index (χ2n) is 4.95. The fourth-order valence-corrected chi connectivity index (χ4v) is 3.67. The molecule has 3 aromatic heterocycles. The van der Waals surface area contributed by atoms with Crippen molar-refractivity contribution in [3.63, 3.8) is 0 Å². The van der Waals surface area contributed by atoms with Crippen LogP contribution in [0.25, 0.3) is 16.2 Å². The van der Waals surface area contributed by atoms with E-state index in [2.05, 4.69) is 28.9 Å². The topological polar surface area (TPSA) is 63.3 Å². The molecular formula is C15H18N4OS. The van der Waals surface area contributed by atoms with E-state index in [4.69, 9.17) is 0 Å². The third-order valence-electron chi connectivity index (χ3n) is 3.75. The molecule has 0 aliphatic heterocycles. The van der Waals surface area contributed by atoms with Gasteiger partial charge in [-0.1, -0.05) is 25.2 Å². The molecule has 0 aromatic carbocycles. The predicted octanol–water partition coefficient (Wildman–Crippen LogP) is 3.25. The van der Waals surface area contributed by atoms with Crippen molar-refractivity contribution in [1.82, 2.24) is 19.6 Å². The maximum absolute atomic E-state index is 9.72. The molecular weight excluding hydrogens is 284 g/mol. The molecule has 0 atom stereocenters. The Balaban J connectivity index is 2.11. The minimum atomic E-state index is -0.0785. The van der Waals surface area contributed by atoms with Crippen LogP contribution in [0.4, 0.5) is 0 Å². The molecule has 0 spiro atoms. The van der Waals surface area contributed by atoms with E-state index in [1.165, 1.54) is 0 Å². The summed E-state index contributed by atoms with van der Waals surface area (Å²) in [6.45, 7) is 4.27. The summed E-state index contributed by atoms with van der Waals surface area (Å²) in [4.78, 5) is 9.51. The minimum absolute atomic E-state index is 0.0785. The lowest BCUT2D eigenvalue weighted by Crippen LogP contribution is -1.99. The van der Waals surface area contributed by atoms with Crippen LogP contribution in [0, 0.1) is 0 Å². The smallest absolute Gasteiger partial charge is 0.213 e. The van der Waals surface area contributed by atoms with Crippen LogP contribution in [0.1, 0.15) is 43.3 Å². The SMILES string of the molecule is CCC(CC)c1nn2c(CO)c(-c3ccncc3)nc2s1. The van der Waals surface area contributed by atoms with E-state index in [1.807, 2.05) is 12.1 Å². The lowest BCUT2D eigenvalue weighted by molar-refractivity contribution is 0.275. The molecule has 1 N–H and O–H groups in total. The van der Waals surface area contributed by atoms with Gasteiger partial charge >= 0.3 is 0 Å². The number of hydrogen-bond acceptors (Lipinski definition) is 5. The van der Waals surface area contributed by atoms with Crippen LogP contribution >= 0.6 is 11.3 Å². The Morgan fingerprint density at radius 3 is 2.57 bits per heavy atom. The summed E-state index contributed by atoms with van der Waals surface area (Å²) < 4.78 is 1.79. The van der Waals surface area contributed by atoms with Crippen molar-refractivity contribution >= 4 is 16.3 Å². The standard InChI is InChI=1S/C15H18N4OS/c1-3-10(4-2)14-18-19-12(9-20)13(17-15(19)21-14)11-5-7-16-8-6-11/h5-8,10,20H,3-4,9H2,1-2H3. The number of fused-ring (bicyclic) bond motifs is 1. The van der Waals surface area contributed by atoms with Crippen molar-refractivity contribution in [3.05, 3.63) is 35.2 Å². The van der Waals surface area contributed by atoms with Gasteiger partial charge in [-0.3, -0.25) is 4.98 Å². The number of imidazole rings is 1. The van der Waals surface area contributed by atoms with E-state index < -0.39 is 0 Å². The Kier molecular flexibility index (Phi) is 3.98. The number of aromatic nitrogens is 4. The molecule has 5 nitrogen and oxygen atoms in total. The van der Waals surface area contributed by atoms with Crippen molar-refractivity contribution in [2.75, 3.05) is 0 Å². The van der Waals surface area contributed by atoms with Gasteiger partial charge < -0.3 is 5.11 Å². The summed E-state index contributed by atoms with van der Waals surface area (Å²) in [5.41, 5.74) is 2.48. The molecule has 0 radical (unpaired) electrons. The van der Waals surface area contributed by atoms with Crippen molar-refractivity contribution in [3.8, 4) is 11.3 Å². The summed E-state index contributed by atoms with van der Waals surface area (Å²) in [5.74, 6) is 0.465. The van der Waals surface area contributed by atoms with Gasteiger partial charge in [0.25, 0.3) is 0 Å². The van der Waals surface area contributed by atoms with Gasteiger partial charge in [0.05, 0.1) is 18.0 Å². The van der Waals surface area contributed by atoms with Crippen LogP contribution in [-0.2, 0) is 6.61 Å². The van der Waals surface area contributed by atoms with Crippen LogP contribution in [0.15, 0.2) is 24.5 Å². The van der Waals surface area contributed by atoms with Gasteiger partial charge in [0.2, 0.25) is 4.96 Å². The second kappa shape index (κ2) is 5.91. The van der Waals surface area contributed by atoms with Crippen molar-refractivity contribution in [2.45, 2.75) is 39.2 Å². The third-order valence-corrected chi connectivity index (χ3v) is 4.82. The van der Waals surface area contributed by atoms with Crippen LogP contribution in [0.3, 0.4) is 0 Å². The number of aliphatic hydroxyl groups is 1. The zero-order valence-electron chi connectivity index (χ0n) is 12.2.